The van der Waals surface area contributed by atoms with Gasteiger partial charge in [0.1, 0.15) is 62.0 Å². The number of esters is 2. The third kappa shape index (κ3) is 29.4. The molecule has 12 atom stereocenters. The standard InChI is InChI=1S/C78H124O14/c1-53(2)33-25-21-17-15-19-23-27-41-67(79)87-51-65-69(81)71(83)73(85)75(91-65)89-61-47-59(9)63(77(11,12)49-61)45-43-57(7)39-31-37-55(5)35-29-30-36-56(6)38-32-40-58(8)44-46-64-60(10)48-62(50-78(64,13)14)90-76-74(86)72(84)70(82)66(92-76)52-88-68(80)42-28-24-20-16-18-22-26-34-54(3)4/h29-32,35-40,43-46,53-54,61-62,65-66,69-76,81-86H,15-28,33-34,41-42,47-52H2,1-14H3/b30-29+,37-31+,38-32+,45-43+,46-44+,55-35+,56-36+,57-39+,58-40+/t61-,62-,65?,66?,69?,70?,71?,72?,73?,74?,75?,76?/m1/s1. The molecule has 0 spiro atoms. The molecule has 0 aromatic heterocycles. The Labute approximate surface area is 555 Å². The van der Waals surface area contributed by atoms with Crippen LogP contribution in [0, 0.1) is 22.7 Å². The van der Waals surface area contributed by atoms with Gasteiger partial charge in [-0.15, -0.1) is 0 Å². The zero-order chi connectivity index (χ0) is 68.0. The fourth-order valence-corrected chi connectivity index (χ4v) is 12.9. The van der Waals surface area contributed by atoms with Crippen LogP contribution in [0.15, 0.2) is 130 Å². The fraction of sp³-hybridized carbons (Fsp3) is 0.692. The quantitative estimate of drug-likeness (QED) is 0.0193. The van der Waals surface area contributed by atoms with Crippen LogP contribution in [0.2, 0.25) is 0 Å². The molecular formula is C78H124O14. The van der Waals surface area contributed by atoms with E-state index < -0.39 is 61.4 Å². The zero-order valence-electron chi connectivity index (χ0n) is 59.1. The summed E-state index contributed by atoms with van der Waals surface area (Å²) >= 11 is 0. The van der Waals surface area contributed by atoms with Crippen LogP contribution in [0.5, 0.6) is 0 Å². The van der Waals surface area contributed by atoms with E-state index in [0.29, 0.717) is 25.7 Å². The number of unbranched alkanes of at least 4 members (excludes halogenated alkanes) is 12. The van der Waals surface area contributed by atoms with Gasteiger partial charge in [-0.2, -0.15) is 0 Å². The Balaban J connectivity index is 1.19. The molecule has 14 nitrogen and oxygen atoms in total. The summed E-state index contributed by atoms with van der Waals surface area (Å²) in [7, 11) is 0. The van der Waals surface area contributed by atoms with Crippen molar-refractivity contribution in [3.63, 3.8) is 0 Å². The number of hydrogen-bond acceptors (Lipinski definition) is 14. The number of carbonyl (C=O) groups excluding carboxylic acids is 2. The lowest BCUT2D eigenvalue weighted by Crippen LogP contribution is -2.60. The van der Waals surface area contributed by atoms with Gasteiger partial charge in [-0.1, -0.05) is 264 Å². The van der Waals surface area contributed by atoms with E-state index in [1.165, 1.54) is 75.4 Å². The van der Waals surface area contributed by atoms with E-state index in [-0.39, 0.29) is 61.0 Å². The van der Waals surface area contributed by atoms with Gasteiger partial charge >= 0.3 is 11.9 Å². The van der Waals surface area contributed by atoms with E-state index in [4.69, 9.17) is 28.4 Å². The Bertz CT molecular complexity index is 2410. The first-order valence-corrected chi connectivity index (χ1v) is 35.1. The van der Waals surface area contributed by atoms with E-state index in [2.05, 4.69) is 158 Å². The summed E-state index contributed by atoms with van der Waals surface area (Å²) < 4.78 is 35.6. The molecule has 0 bridgehead atoms. The van der Waals surface area contributed by atoms with Crippen LogP contribution in [0.1, 0.15) is 238 Å². The van der Waals surface area contributed by atoms with Crippen molar-refractivity contribution in [2.75, 3.05) is 13.2 Å². The largest absolute Gasteiger partial charge is 0.463 e. The second-order valence-electron chi connectivity index (χ2n) is 29.1. The van der Waals surface area contributed by atoms with Gasteiger partial charge in [0.2, 0.25) is 0 Å². The molecule has 6 N–H and O–H groups in total. The molecule has 0 saturated carbocycles. The Morgan fingerprint density at radius 2 is 0.772 bits per heavy atom. The molecule has 2 heterocycles. The predicted molar refractivity (Wildman–Crippen MR) is 370 cm³/mol. The highest BCUT2D eigenvalue weighted by Gasteiger charge is 2.48. The smallest absolute Gasteiger partial charge is 0.305 e. The SMILES string of the molecule is CC1=C(/C=C/C(C)=C/C=C/C(C)=C/C=C/C=C(C)/C=C/C=C(C)/C=C/C2=C(C)C[C@@H](OC3OC(COC(=O)CCCCCCCCCC(C)C)C(O)C(O)C3O)CC2(C)C)C(C)(C)C[C@H](OC2OC(COC(=O)CCCCCCCCCC(C)C)C(O)C(O)C2O)C1. The van der Waals surface area contributed by atoms with Crippen molar-refractivity contribution >= 4 is 11.9 Å². The lowest BCUT2D eigenvalue weighted by molar-refractivity contribution is -0.313. The monoisotopic (exact) mass is 1280 g/mol. The van der Waals surface area contributed by atoms with Crippen LogP contribution < -0.4 is 0 Å². The summed E-state index contributed by atoms with van der Waals surface area (Å²) in [4.78, 5) is 25.1. The van der Waals surface area contributed by atoms with Gasteiger partial charge in [-0.25, -0.2) is 0 Å². The first kappa shape index (κ1) is 80.1. The van der Waals surface area contributed by atoms with Gasteiger partial charge in [0.25, 0.3) is 0 Å². The third-order valence-corrected chi connectivity index (χ3v) is 18.3. The second-order valence-corrected chi connectivity index (χ2v) is 29.1. The highest BCUT2D eigenvalue weighted by molar-refractivity contribution is 5.69. The number of ether oxygens (including phenoxy) is 6. The maximum Gasteiger partial charge on any atom is 0.305 e. The van der Waals surface area contributed by atoms with E-state index in [1.54, 1.807) is 0 Å². The second kappa shape index (κ2) is 41.6. The van der Waals surface area contributed by atoms with Crippen LogP contribution in [0.3, 0.4) is 0 Å². The summed E-state index contributed by atoms with van der Waals surface area (Å²) in [5, 5.41) is 64.8. The molecule has 0 radical (unpaired) electrons. The van der Waals surface area contributed by atoms with Crippen molar-refractivity contribution in [1.29, 1.82) is 0 Å². The third-order valence-electron chi connectivity index (χ3n) is 18.3. The highest BCUT2D eigenvalue weighted by Crippen LogP contribution is 2.45. The minimum absolute atomic E-state index is 0.238. The van der Waals surface area contributed by atoms with Crippen LogP contribution in [-0.2, 0) is 38.0 Å². The van der Waals surface area contributed by atoms with Crippen molar-refractivity contribution in [3.8, 4) is 0 Å². The molecule has 92 heavy (non-hydrogen) atoms. The van der Waals surface area contributed by atoms with Gasteiger partial charge in [0, 0.05) is 12.8 Å². The lowest BCUT2D eigenvalue weighted by atomic mass is 9.71. The fourth-order valence-electron chi connectivity index (χ4n) is 12.9. The van der Waals surface area contributed by atoms with Gasteiger partial charge in [-0.3, -0.25) is 9.59 Å². The molecule has 10 unspecified atom stereocenters. The first-order chi connectivity index (χ1) is 43.6. The molecule has 2 aliphatic heterocycles. The molecule has 4 rings (SSSR count). The van der Waals surface area contributed by atoms with Gasteiger partial charge in [0.15, 0.2) is 12.6 Å². The summed E-state index contributed by atoms with van der Waals surface area (Å²) in [5.41, 5.74) is 8.58. The Hall–Kier alpha value is -4.32. The highest BCUT2D eigenvalue weighted by atomic mass is 16.7. The van der Waals surface area contributed by atoms with Crippen LogP contribution in [-0.4, -0.2) is 129 Å². The number of aliphatic hydroxyl groups is 6. The number of carbonyl (C=O) groups is 2. The minimum Gasteiger partial charge on any atom is -0.463 e. The predicted octanol–water partition coefficient (Wildman–Crippen LogP) is 15.6. The first-order valence-electron chi connectivity index (χ1n) is 35.1. The Kier molecular flexibility index (Phi) is 36.2. The molecule has 0 amide bonds. The maximum absolute atomic E-state index is 12.6. The summed E-state index contributed by atoms with van der Waals surface area (Å²) in [6.45, 7) is 29.7. The molecule has 4 aliphatic rings. The normalized spacial score (nSPS) is 28.0. The van der Waals surface area contributed by atoms with Crippen molar-refractivity contribution in [3.05, 3.63) is 130 Å². The van der Waals surface area contributed by atoms with Crippen LogP contribution in [0.25, 0.3) is 0 Å². The van der Waals surface area contributed by atoms with Crippen LogP contribution in [0.4, 0.5) is 0 Å². The van der Waals surface area contributed by atoms with Gasteiger partial charge < -0.3 is 59.1 Å². The molecule has 0 aromatic carbocycles. The van der Waals surface area contributed by atoms with E-state index >= 15 is 0 Å². The molecule has 14 heteroatoms. The number of hydrogen-bond donors (Lipinski definition) is 6. The topological polar surface area (TPSA) is 211 Å². The molecule has 0 aromatic rings. The lowest BCUT2D eigenvalue weighted by Gasteiger charge is -2.43. The summed E-state index contributed by atoms with van der Waals surface area (Å²) in [6.07, 6.45) is 36.3. The zero-order valence-corrected chi connectivity index (χ0v) is 59.1. The van der Waals surface area contributed by atoms with Gasteiger partial charge in [-0.05, 0) is 114 Å². The number of allylic oxidation sites excluding steroid dienone is 20. The molecule has 520 valence electrons. The number of rotatable bonds is 38. The Morgan fingerprint density at radius 1 is 0.457 bits per heavy atom. The number of aliphatic hydroxyl groups excluding tert-OH is 6. The van der Waals surface area contributed by atoms with Crippen molar-refractivity contribution in [1.82, 2.24) is 0 Å². The average molecular weight is 1290 g/mol. The average Bonchev–Trinajstić information content (AvgIpc) is 0.858. The van der Waals surface area contributed by atoms with Crippen molar-refractivity contribution in [2.45, 2.75) is 312 Å². The van der Waals surface area contributed by atoms with E-state index in [9.17, 15) is 40.2 Å². The maximum atomic E-state index is 12.6. The van der Waals surface area contributed by atoms with Crippen molar-refractivity contribution < 1.29 is 68.6 Å². The van der Waals surface area contributed by atoms with Crippen LogP contribution >= 0.6 is 0 Å². The molecular weight excluding hydrogens is 1160 g/mol. The summed E-state index contributed by atoms with van der Waals surface area (Å²) in [5.74, 6) is 0.754. The summed E-state index contributed by atoms with van der Waals surface area (Å²) in [6, 6.07) is 0. The molecule has 2 saturated heterocycles. The van der Waals surface area contributed by atoms with E-state index in [1.807, 2.05) is 24.3 Å². The molecule has 2 aliphatic carbocycles. The molecule has 2 fully saturated rings. The van der Waals surface area contributed by atoms with Crippen molar-refractivity contribution in [2.24, 2.45) is 22.7 Å². The Morgan fingerprint density at radius 3 is 1.11 bits per heavy atom. The minimum atomic E-state index is -1.52. The van der Waals surface area contributed by atoms with Gasteiger partial charge in [0.05, 0.1) is 12.2 Å². The van der Waals surface area contributed by atoms with E-state index in [0.717, 1.165) is 83.8 Å².